The molecule has 0 spiro atoms. The highest BCUT2D eigenvalue weighted by molar-refractivity contribution is 5.72. The number of H-pyrrole nitrogens is 1. The van der Waals surface area contributed by atoms with E-state index in [1.54, 1.807) is 18.2 Å². The van der Waals surface area contributed by atoms with Crippen molar-refractivity contribution in [2.75, 3.05) is 6.61 Å². The molecule has 0 bridgehead atoms. The van der Waals surface area contributed by atoms with Crippen molar-refractivity contribution in [1.29, 1.82) is 0 Å². The van der Waals surface area contributed by atoms with Crippen LogP contribution in [0.3, 0.4) is 0 Å². The summed E-state index contributed by atoms with van der Waals surface area (Å²) in [6.45, 7) is 0.0486. The first-order valence-corrected chi connectivity index (χ1v) is 7.52. The third kappa shape index (κ3) is 4.03. The number of hydrogen-bond donors (Lipinski definition) is 1. The molecule has 2 aromatic heterocycles. The number of aromatic nitrogens is 3. The van der Waals surface area contributed by atoms with Gasteiger partial charge in [0.15, 0.2) is 5.65 Å². The van der Waals surface area contributed by atoms with Gasteiger partial charge < -0.3 is 9.72 Å². The van der Waals surface area contributed by atoms with E-state index in [-0.39, 0.29) is 36.6 Å². The summed E-state index contributed by atoms with van der Waals surface area (Å²) in [7, 11) is 0. The van der Waals surface area contributed by atoms with E-state index in [2.05, 4.69) is 15.0 Å². The Bertz CT molecular complexity index is 938. The number of nitrogens with zero attached hydrogens (tertiary/aromatic N) is 2. The van der Waals surface area contributed by atoms with Gasteiger partial charge in [0.25, 0.3) is 5.56 Å². The van der Waals surface area contributed by atoms with Crippen molar-refractivity contribution in [3.05, 3.63) is 69.9 Å². The molecule has 3 rings (SSSR count). The molecule has 0 atom stereocenters. The van der Waals surface area contributed by atoms with E-state index in [1.165, 1.54) is 18.3 Å². The number of alkyl halides is 3. The van der Waals surface area contributed by atoms with Gasteiger partial charge in [0.1, 0.15) is 12.4 Å². The number of pyridine rings is 1. The zero-order valence-corrected chi connectivity index (χ0v) is 13.0. The van der Waals surface area contributed by atoms with E-state index in [1.807, 2.05) is 0 Å². The van der Waals surface area contributed by atoms with Crippen LogP contribution in [0.4, 0.5) is 13.2 Å². The molecule has 5 nitrogen and oxygen atoms in total. The highest BCUT2D eigenvalue weighted by Crippen LogP contribution is 2.31. The largest absolute Gasteiger partial charge is 0.416 e. The van der Waals surface area contributed by atoms with E-state index in [9.17, 15) is 18.0 Å². The minimum Gasteiger partial charge on any atom is -0.373 e. The van der Waals surface area contributed by atoms with Crippen LogP contribution in [-0.2, 0) is 23.9 Å². The number of benzene rings is 1. The summed E-state index contributed by atoms with van der Waals surface area (Å²) in [5.74, 6) is 0.278. The highest BCUT2D eigenvalue weighted by Gasteiger charge is 2.32. The van der Waals surface area contributed by atoms with Gasteiger partial charge >= 0.3 is 6.18 Å². The molecule has 0 fully saturated rings. The summed E-state index contributed by atoms with van der Waals surface area (Å²) < 4.78 is 44.1. The molecule has 1 N–H and O–H groups in total. The third-order valence-corrected chi connectivity index (χ3v) is 3.61. The van der Waals surface area contributed by atoms with Gasteiger partial charge in [0.05, 0.1) is 17.6 Å². The lowest BCUT2D eigenvalue weighted by molar-refractivity contribution is -0.138. The first-order chi connectivity index (χ1) is 11.9. The maximum Gasteiger partial charge on any atom is 0.416 e. The van der Waals surface area contributed by atoms with Crippen molar-refractivity contribution in [1.82, 2.24) is 15.0 Å². The number of hydrogen-bond acceptors (Lipinski definition) is 4. The molecule has 0 unspecified atom stereocenters. The lowest BCUT2D eigenvalue weighted by Gasteiger charge is -2.12. The quantitative estimate of drug-likeness (QED) is 0.719. The van der Waals surface area contributed by atoms with E-state index in [0.717, 1.165) is 6.07 Å². The van der Waals surface area contributed by atoms with Crippen LogP contribution in [0.25, 0.3) is 11.0 Å². The number of rotatable bonds is 5. The molecule has 2 heterocycles. The summed E-state index contributed by atoms with van der Waals surface area (Å²) in [4.78, 5) is 22.6. The maximum atomic E-state index is 12.9. The standard InChI is InChI=1S/C17H14F3N3O2/c18-17(19,20)13-6-2-1-4-11(13)7-9-25-10-14-22-15-12(16(24)23-14)5-3-8-21-15/h1-6,8H,7,9-10H2,(H,21,22,23,24). The van der Waals surface area contributed by atoms with Crippen molar-refractivity contribution in [3.63, 3.8) is 0 Å². The second kappa shape index (κ2) is 7.02. The SMILES string of the molecule is O=c1[nH]c(COCCc2ccccc2C(F)(F)F)nc2ncccc12. The number of ether oxygens (including phenoxy) is 1. The van der Waals surface area contributed by atoms with Crippen LogP contribution < -0.4 is 5.56 Å². The molecule has 130 valence electrons. The van der Waals surface area contributed by atoms with Gasteiger partial charge in [-0.2, -0.15) is 13.2 Å². The van der Waals surface area contributed by atoms with Gasteiger partial charge in [-0.1, -0.05) is 18.2 Å². The minimum atomic E-state index is -4.40. The zero-order chi connectivity index (χ0) is 17.9. The molecule has 3 aromatic rings. The van der Waals surface area contributed by atoms with Gasteiger partial charge in [-0.05, 0) is 30.2 Å². The van der Waals surface area contributed by atoms with Crippen molar-refractivity contribution in [2.24, 2.45) is 0 Å². The van der Waals surface area contributed by atoms with E-state index in [4.69, 9.17) is 4.74 Å². The van der Waals surface area contributed by atoms with Crippen LogP contribution in [0.2, 0.25) is 0 Å². The predicted octanol–water partition coefficient (Wildman–Crippen LogP) is 3.10. The summed E-state index contributed by atoms with van der Waals surface area (Å²) in [6, 6.07) is 8.61. The third-order valence-electron chi connectivity index (χ3n) is 3.61. The molecule has 0 aliphatic rings. The minimum absolute atomic E-state index is 0.0179. The summed E-state index contributed by atoms with van der Waals surface area (Å²) in [6.07, 6.45) is -2.77. The molecular weight excluding hydrogens is 335 g/mol. The lowest BCUT2D eigenvalue weighted by Crippen LogP contribution is -2.14. The van der Waals surface area contributed by atoms with Crippen LogP contribution >= 0.6 is 0 Å². The molecule has 0 aliphatic carbocycles. The molecule has 0 amide bonds. The fraction of sp³-hybridized carbons (Fsp3) is 0.235. The Balaban J connectivity index is 1.64. The first-order valence-electron chi connectivity index (χ1n) is 7.52. The number of nitrogens with one attached hydrogen (secondary N) is 1. The van der Waals surface area contributed by atoms with Crippen molar-refractivity contribution in [3.8, 4) is 0 Å². The number of aromatic amines is 1. The fourth-order valence-electron chi connectivity index (χ4n) is 2.45. The first kappa shape index (κ1) is 17.1. The van der Waals surface area contributed by atoms with Crippen LogP contribution in [0.5, 0.6) is 0 Å². The topological polar surface area (TPSA) is 67.9 Å². The Labute approximate surface area is 140 Å². The molecule has 0 aliphatic heterocycles. The smallest absolute Gasteiger partial charge is 0.373 e. The van der Waals surface area contributed by atoms with E-state index in [0.29, 0.717) is 11.0 Å². The average Bonchev–Trinajstić information content (AvgIpc) is 2.58. The lowest BCUT2D eigenvalue weighted by atomic mass is 10.0. The monoisotopic (exact) mass is 349 g/mol. The second-order valence-electron chi connectivity index (χ2n) is 5.34. The van der Waals surface area contributed by atoms with E-state index >= 15 is 0 Å². The van der Waals surface area contributed by atoms with E-state index < -0.39 is 11.7 Å². The summed E-state index contributed by atoms with van der Waals surface area (Å²) >= 11 is 0. The van der Waals surface area contributed by atoms with Gasteiger partial charge in [0.2, 0.25) is 0 Å². The zero-order valence-electron chi connectivity index (χ0n) is 13.0. The molecule has 0 radical (unpaired) electrons. The number of halogens is 3. The van der Waals surface area contributed by atoms with Crippen molar-refractivity contribution >= 4 is 11.0 Å². The molecule has 0 saturated heterocycles. The van der Waals surface area contributed by atoms with Crippen LogP contribution in [-0.4, -0.2) is 21.6 Å². The normalized spacial score (nSPS) is 11.8. The van der Waals surface area contributed by atoms with Gasteiger partial charge in [0, 0.05) is 6.20 Å². The second-order valence-corrected chi connectivity index (χ2v) is 5.34. The molecule has 0 saturated carbocycles. The van der Waals surface area contributed by atoms with Gasteiger partial charge in [-0.15, -0.1) is 0 Å². The highest BCUT2D eigenvalue weighted by atomic mass is 19.4. The van der Waals surface area contributed by atoms with Gasteiger partial charge in [-0.3, -0.25) is 4.79 Å². The summed E-state index contributed by atoms with van der Waals surface area (Å²) in [5, 5.41) is 0.366. The number of fused-ring (bicyclic) bond motifs is 1. The summed E-state index contributed by atoms with van der Waals surface area (Å²) in [5.41, 5.74) is -0.539. The fourth-order valence-corrected chi connectivity index (χ4v) is 2.45. The average molecular weight is 349 g/mol. The Kier molecular flexibility index (Phi) is 4.80. The molecular formula is C17H14F3N3O2. The Hall–Kier alpha value is -2.74. The molecule has 8 heteroatoms. The predicted molar refractivity (Wildman–Crippen MR) is 85.0 cm³/mol. The van der Waals surface area contributed by atoms with Crippen LogP contribution in [0.15, 0.2) is 47.4 Å². The maximum absolute atomic E-state index is 12.9. The Morgan fingerprint density at radius 2 is 1.92 bits per heavy atom. The van der Waals surface area contributed by atoms with Gasteiger partial charge in [-0.25, -0.2) is 9.97 Å². The van der Waals surface area contributed by atoms with Crippen LogP contribution in [0, 0.1) is 0 Å². The molecule has 25 heavy (non-hydrogen) atoms. The Morgan fingerprint density at radius 1 is 1.12 bits per heavy atom. The van der Waals surface area contributed by atoms with Crippen molar-refractivity contribution < 1.29 is 17.9 Å². The van der Waals surface area contributed by atoms with Crippen molar-refractivity contribution in [2.45, 2.75) is 19.2 Å². The van der Waals surface area contributed by atoms with Crippen LogP contribution in [0.1, 0.15) is 17.0 Å². The molecule has 1 aromatic carbocycles. The Morgan fingerprint density at radius 3 is 2.72 bits per heavy atom.